The summed E-state index contributed by atoms with van der Waals surface area (Å²) in [6.07, 6.45) is 2.12. The Morgan fingerprint density at radius 2 is 1.75 bits per heavy atom. The lowest BCUT2D eigenvalue weighted by Crippen LogP contribution is -2.37. The summed E-state index contributed by atoms with van der Waals surface area (Å²) in [6.45, 7) is 8.61. The normalized spacial score (nSPS) is 11.3. The van der Waals surface area contributed by atoms with Crippen molar-refractivity contribution in [3.05, 3.63) is 65.7 Å². The number of nitrogens with one attached hydrogen (secondary N) is 2. The molecule has 5 heteroatoms. The van der Waals surface area contributed by atoms with Gasteiger partial charge in [-0.25, -0.2) is 4.99 Å². The molecule has 2 N–H and O–H groups in total. The number of benzene rings is 2. The lowest BCUT2D eigenvalue weighted by molar-refractivity contribution is 0.143. The highest BCUT2D eigenvalue weighted by Crippen LogP contribution is 2.16. The third-order valence-corrected chi connectivity index (χ3v) is 4.12. The van der Waals surface area contributed by atoms with E-state index in [0.29, 0.717) is 13.2 Å². The fourth-order valence-corrected chi connectivity index (χ4v) is 2.67. The highest BCUT2D eigenvalue weighted by Gasteiger charge is 2.00. The number of nitrogens with zero attached hydrogens (tertiary/aromatic N) is 1. The van der Waals surface area contributed by atoms with Crippen LogP contribution in [0.25, 0.3) is 0 Å². The minimum atomic E-state index is 0.569. The summed E-state index contributed by atoms with van der Waals surface area (Å²) in [5.74, 6) is 1.71. The van der Waals surface area contributed by atoms with Crippen LogP contribution in [-0.4, -0.2) is 32.3 Å². The van der Waals surface area contributed by atoms with Crippen molar-refractivity contribution in [2.24, 2.45) is 4.99 Å². The third kappa shape index (κ3) is 8.91. The summed E-state index contributed by atoms with van der Waals surface area (Å²) in [5.41, 5.74) is 2.29. The van der Waals surface area contributed by atoms with Gasteiger partial charge in [0.2, 0.25) is 0 Å². The third-order valence-electron chi connectivity index (χ3n) is 4.12. The van der Waals surface area contributed by atoms with Gasteiger partial charge in [0.25, 0.3) is 0 Å². The Balaban J connectivity index is 1.82. The molecule has 0 saturated heterocycles. The van der Waals surface area contributed by atoms with E-state index in [0.717, 1.165) is 62.0 Å². The van der Waals surface area contributed by atoms with Gasteiger partial charge < -0.3 is 20.1 Å². The van der Waals surface area contributed by atoms with Crippen LogP contribution in [0, 0.1) is 0 Å². The highest BCUT2D eigenvalue weighted by molar-refractivity contribution is 5.79. The Labute approximate surface area is 169 Å². The minimum Gasteiger partial charge on any atom is -0.489 e. The number of ether oxygens (including phenoxy) is 2. The molecule has 2 aromatic carbocycles. The van der Waals surface area contributed by atoms with E-state index < -0.39 is 0 Å². The summed E-state index contributed by atoms with van der Waals surface area (Å²) in [5, 5.41) is 6.67. The van der Waals surface area contributed by atoms with Crippen LogP contribution in [-0.2, 0) is 17.9 Å². The van der Waals surface area contributed by atoms with Crippen molar-refractivity contribution in [2.75, 3.05) is 26.3 Å². The van der Waals surface area contributed by atoms with Crippen LogP contribution in [0.15, 0.2) is 59.6 Å². The Bertz CT molecular complexity index is 689. The second-order valence-corrected chi connectivity index (χ2v) is 6.45. The molecule has 2 rings (SSSR count). The molecule has 5 nitrogen and oxygen atoms in total. The van der Waals surface area contributed by atoms with E-state index in [1.807, 2.05) is 37.3 Å². The molecule has 0 unspecified atom stereocenters. The van der Waals surface area contributed by atoms with Gasteiger partial charge in [-0.2, -0.15) is 0 Å². The zero-order chi connectivity index (χ0) is 19.9. The smallest absolute Gasteiger partial charge is 0.191 e. The average molecular weight is 384 g/mol. The Morgan fingerprint density at radius 1 is 0.929 bits per heavy atom. The van der Waals surface area contributed by atoms with Crippen LogP contribution in [0.1, 0.15) is 37.8 Å². The average Bonchev–Trinajstić information content (AvgIpc) is 2.74. The van der Waals surface area contributed by atoms with Crippen molar-refractivity contribution >= 4 is 5.96 Å². The first-order chi connectivity index (χ1) is 13.8. The van der Waals surface area contributed by atoms with Crippen molar-refractivity contribution < 1.29 is 9.47 Å². The second kappa shape index (κ2) is 13.6. The summed E-state index contributed by atoms with van der Waals surface area (Å²) < 4.78 is 11.3. The first kappa shape index (κ1) is 21.8. The lowest BCUT2D eigenvalue weighted by atomic mass is 10.2. The summed E-state index contributed by atoms with van der Waals surface area (Å²) in [7, 11) is 0. The maximum atomic E-state index is 5.91. The molecule has 0 heterocycles. The number of guanidine groups is 1. The molecule has 0 aliphatic carbocycles. The van der Waals surface area contributed by atoms with Crippen molar-refractivity contribution in [1.29, 1.82) is 0 Å². The number of rotatable bonds is 12. The molecule has 0 bridgehead atoms. The number of hydrogen-bond acceptors (Lipinski definition) is 3. The maximum absolute atomic E-state index is 5.91. The topological polar surface area (TPSA) is 54.9 Å². The summed E-state index contributed by atoms with van der Waals surface area (Å²) in [4.78, 5) is 4.68. The Hall–Kier alpha value is -2.53. The molecule has 0 aliphatic heterocycles. The molecule has 0 fully saturated rings. The molecule has 0 aliphatic rings. The van der Waals surface area contributed by atoms with E-state index in [1.165, 1.54) is 0 Å². The molecular formula is C23H33N3O2. The minimum absolute atomic E-state index is 0.569. The van der Waals surface area contributed by atoms with Crippen molar-refractivity contribution in [1.82, 2.24) is 10.6 Å². The van der Waals surface area contributed by atoms with Crippen LogP contribution in [0.5, 0.6) is 5.75 Å². The molecule has 0 spiro atoms. The van der Waals surface area contributed by atoms with Crippen LogP contribution in [0.3, 0.4) is 0 Å². The zero-order valence-corrected chi connectivity index (χ0v) is 17.1. The largest absolute Gasteiger partial charge is 0.489 e. The number of aliphatic imine (C=N–C) groups is 1. The first-order valence-electron chi connectivity index (χ1n) is 10.2. The first-order valence-corrected chi connectivity index (χ1v) is 10.2. The van der Waals surface area contributed by atoms with E-state index in [9.17, 15) is 0 Å². The van der Waals surface area contributed by atoms with Crippen LogP contribution < -0.4 is 15.4 Å². The monoisotopic (exact) mass is 383 g/mol. The zero-order valence-electron chi connectivity index (χ0n) is 17.1. The van der Waals surface area contributed by atoms with Crippen molar-refractivity contribution in [3.63, 3.8) is 0 Å². The van der Waals surface area contributed by atoms with Crippen molar-refractivity contribution in [3.8, 4) is 5.75 Å². The van der Waals surface area contributed by atoms with Crippen LogP contribution in [0.2, 0.25) is 0 Å². The van der Waals surface area contributed by atoms with Crippen LogP contribution in [0.4, 0.5) is 0 Å². The highest BCUT2D eigenvalue weighted by atomic mass is 16.5. The van der Waals surface area contributed by atoms with Gasteiger partial charge in [-0.05, 0) is 49.9 Å². The predicted octanol–water partition coefficient (Wildman–Crippen LogP) is 4.14. The molecule has 28 heavy (non-hydrogen) atoms. The van der Waals surface area contributed by atoms with Gasteiger partial charge in [0, 0.05) is 26.3 Å². The van der Waals surface area contributed by atoms with E-state index in [4.69, 9.17) is 9.47 Å². The fourth-order valence-electron chi connectivity index (χ4n) is 2.67. The van der Waals surface area contributed by atoms with Crippen LogP contribution >= 0.6 is 0 Å². The molecule has 0 amide bonds. The van der Waals surface area contributed by atoms with E-state index >= 15 is 0 Å². The predicted molar refractivity (Wildman–Crippen MR) is 116 cm³/mol. The van der Waals surface area contributed by atoms with Gasteiger partial charge in [-0.1, -0.05) is 42.5 Å². The van der Waals surface area contributed by atoms with Gasteiger partial charge in [0.05, 0.1) is 6.54 Å². The molecule has 0 atom stereocenters. The van der Waals surface area contributed by atoms with E-state index in [2.05, 4.69) is 46.8 Å². The molecule has 0 radical (unpaired) electrons. The van der Waals surface area contributed by atoms with Gasteiger partial charge in [0.15, 0.2) is 5.96 Å². The second-order valence-electron chi connectivity index (χ2n) is 6.45. The van der Waals surface area contributed by atoms with Gasteiger partial charge in [-0.3, -0.25) is 0 Å². The fraction of sp³-hybridized carbons (Fsp3) is 0.435. The van der Waals surface area contributed by atoms with Gasteiger partial charge >= 0.3 is 0 Å². The Kier molecular flexibility index (Phi) is 10.6. The standard InChI is InChI=1S/C23H33N3O2/c1-3-24-23(25-15-8-9-16-27-4-2)26-18-21-13-10-14-22(17-21)28-19-20-11-6-5-7-12-20/h5-7,10-14,17H,3-4,8-9,15-16,18-19H2,1-2H3,(H2,24,25,26). The maximum Gasteiger partial charge on any atom is 0.191 e. The lowest BCUT2D eigenvalue weighted by Gasteiger charge is -2.12. The van der Waals surface area contributed by atoms with Gasteiger partial charge in [-0.15, -0.1) is 0 Å². The summed E-state index contributed by atoms with van der Waals surface area (Å²) >= 11 is 0. The summed E-state index contributed by atoms with van der Waals surface area (Å²) in [6, 6.07) is 18.3. The molecular weight excluding hydrogens is 350 g/mol. The number of unbranched alkanes of at least 4 members (excludes halogenated alkanes) is 1. The van der Waals surface area contributed by atoms with E-state index in [1.54, 1.807) is 0 Å². The molecule has 2 aromatic rings. The Morgan fingerprint density at radius 3 is 2.54 bits per heavy atom. The molecule has 0 saturated carbocycles. The molecule has 0 aromatic heterocycles. The van der Waals surface area contributed by atoms with Crippen molar-refractivity contribution in [2.45, 2.75) is 39.8 Å². The SMILES string of the molecule is CCNC(=NCc1cccc(OCc2ccccc2)c1)NCCCCOCC. The molecule has 152 valence electrons. The van der Waals surface area contributed by atoms with E-state index in [-0.39, 0.29) is 0 Å². The van der Waals surface area contributed by atoms with Gasteiger partial charge in [0.1, 0.15) is 12.4 Å². The quantitative estimate of drug-likeness (QED) is 0.329. The number of hydrogen-bond donors (Lipinski definition) is 2.